The third-order valence-electron chi connectivity index (χ3n) is 2.69. The van der Waals surface area contributed by atoms with Gasteiger partial charge in [-0.1, -0.05) is 41.9 Å². The van der Waals surface area contributed by atoms with Gasteiger partial charge in [-0.25, -0.2) is 0 Å². The molecule has 0 aliphatic rings. The minimum atomic E-state index is -0.348. The molecule has 0 amide bonds. The van der Waals surface area contributed by atoms with Crippen LogP contribution in [0.2, 0.25) is 0 Å². The molecular formula is C12H16BrNO2. The molecule has 0 saturated heterocycles. The highest BCUT2D eigenvalue weighted by atomic mass is 79.9. The minimum Gasteiger partial charge on any atom is -0.258 e. The lowest BCUT2D eigenvalue weighted by atomic mass is 9.97. The van der Waals surface area contributed by atoms with Crippen LogP contribution in [0.3, 0.4) is 0 Å². The highest BCUT2D eigenvalue weighted by Gasteiger charge is 2.14. The highest BCUT2D eigenvalue weighted by Crippen LogP contribution is 2.22. The molecule has 2 unspecified atom stereocenters. The van der Waals surface area contributed by atoms with Gasteiger partial charge in [0.05, 0.1) is 4.92 Å². The lowest BCUT2D eigenvalue weighted by Crippen LogP contribution is -2.12. The highest BCUT2D eigenvalue weighted by molar-refractivity contribution is 9.09. The first kappa shape index (κ1) is 13.2. The second kappa shape index (κ2) is 5.99. The number of alkyl halides is 1. The van der Waals surface area contributed by atoms with Crippen molar-refractivity contribution in [3.05, 3.63) is 39.9 Å². The molecule has 0 spiro atoms. The fraction of sp³-hybridized carbons (Fsp3) is 0.500. The Balaban J connectivity index is 2.74. The van der Waals surface area contributed by atoms with Crippen molar-refractivity contribution >= 4 is 21.6 Å². The van der Waals surface area contributed by atoms with E-state index in [2.05, 4.69) is 29.8 Å². The molecule has 0 aromatic heterocycles. The van der Waals surface area contributed by atoms with Crippen molar-refractivity contribution in [3.63, 3.8) is 0 Å². The van der Waals surface area contributed by atoms with Crippen LogP contribution >= 0.6 is 15.9 Å². The molecule has 0 fully saturated rings. The zero-order valence-corrected chi connectivity index (χ0v) is 11.1. The van der Waals surface area contributed by atoms with E-state index < -0.39 is 0 Å². The Morgan fingerprint density at radius 2 is 2.19 bits per heavy atom. The van der Waals surface area contributed by atoms with E-state index in [9.17, 15) is 10.1 Å². The molecule has 0 saturated carbocycles. The number of hydrogen-bond acceptors (Lipinski definition) is 2. The lowest BCUT2D eigenvalue weighted by Gasteiger charge is -2.16. The van der Waals surface area contributed by atoms with Crippen LogP contribution in [-0.4, -0.2) is 9.75 Å². The van der Waals surface area contributed by atoms with E-state index in [1.165, 1.54) is 6.07 Å². The summed E-state index contributed by atoms with van der Waals surface area (Å²) in [5.41, 5.74) is 1.20. The molecule has 0 aliphatic heterocycles. The summed E-state index contributed by atoms with van der Waals surface area (Å²) in [6.45, 7) is 4.28. The van der Waals surface area contributed by atoms with Crippen molar-refractivity contribution in [2.45, 2.75) is 31.5 Å². The Bertz CT molecular complexity index is 368. The van der Waals surface area contributed by atoms with Gasteiger partial charge < -0.3 is 0 Å². The number of nitro benzene ring substituents is 1. The van der Waals surface area contributed by atoms with Crippen LogP contribution in [0.25, 0.3) is 0 Å². The van der Waals surface area contributed by atoms with Crippen molar-refractivity contribution in [1.82, 2.24) is 0 Å². The molecule has 1 aromatic rings. The van der Waals surface area contributed by atoms with E-state index in [1.54, 1.807) is 12.1 Å². The minimum absolute atomic E-state index is 0.173. The van der Waals surface area contributed by atoms with E-state index in [1.807, 2.05) is 6.07 Å². The third kappa shape index (κ3) is 3.59. The van der Waals surface area contributed by atoms with Gasteiger partial charge in [-0.05, 0) is 24.3 Å². The van der Waals surface area contributed by atoms with E-state index in [-0.39, 0.29) is 10.6 Å². The molecule has 0 bridgehead atoms. The monoisotopic (exact) mass is 285 g/mol. The normalized spacial score (nSPS) is 14.4. The molecule has 16 heavy (non-hydrogen) atoms. The number of halogens is 1. The second-order valence-electron chi connectivity index (χ2n) is 4.03. The topological polar surface area (TPSA) is 43.1 Å². The lowest BCUT2D eigenvalue weighted by molar-refractivity contribution is -0.384. The van der Waals surface area contributed by atoms with Gasteiger partial charge in [0.15, 0.2) is 0 Å². The Morgan fingerprint density at radius 3 is 2.75 bits per heavy atom. The quantitative estimate of drug-likeness (QED) is 0.467. The van der Waals surface area contributed by atoms with Gasteiger partial charge in [0.2, 0.25) is 0 Å². The maximum absolute atomic E-state index is 10.6. The smallest absolute Gasteiger partial charge is 0.258 e. The number of non-ortho nitro benzene ring substituents is 1. The van der Waals surface area contributed by atoms with Gasteiger partial charge in [-0.2, -0.15) is 0 Å². The number of nitrogens with zero attached hydrogens (tertiary/aromatic N) is 1. The molecule has 2 atom stereocenters. The van der Waals surface area contributed by atoms with Crippen LogP contribution in [0.1, 0.15) is 25.8 Å². The number of rotatable bonds is 5. The number of hydrogen-bond donors (Lipinski definition) is 0. The Morgan fingerprint density at radius 1 is 1.50 bits per heavy atom. The fourth-order valence-electron chi connectivity index (χ4n) is 1.70. The average Bonchev–Trinajstić information content (AvgIpc) is 2.28. The Labute approximate surface area is 104 Å². The molecule has 4 heteroatoms. The third-order valence-corrected chi connectivity index (χ3v) is 4.24. The molecule has 0 heterocycles. The number of benzene rings is 1. The van der Waals surface area contributed by atoms with Crippen LogP contribution in [0.15, 0.2) is 24.3 Å². The van der Waals surface area contributed by atoms with E-state index in [0.717, 1.165) is 18.4 Å². The van der Waals surface area contributed by atoms with Crippen LogP contribution in [0.4, 0.5) is 5.69 Å². The first-order valence-electron chi connectivity index (χ1n) is 5.42. The fourth-order valence-corrected chi connectivity index (χ4v) is 1.89. The van der Waals surface area contributed by atoms with Gasteiger partial charge in [-0.3, -0.25) is 10.1 Å². The van der Waals surface area contributed by atoms with Crippen LogP contribution < -0.4 is 0 Å². The van der Waals surface area contributed by atoms with Crippen LogP contribution in [0, 0.1) is 16.0 Å². The van der Waals surface area contributed by atoms with Crippen molar-refractivity contribution in [2.75, 3.05) is 0 Å². The summed E-state index contributed by atoms with van der Waals surface area (Å²) in [5, 5.41) is 10.6. The maximum atomic E-state index is 10.6. The van der Waals surface area contributed by atoms with Crippen LogP contribution in [0.5, 0.6) is 0 Å². The maximum Gasteiger partial charge on any atom is 0.269 e. The standard InChI is InChI=1S/C12H16BrNO2/c1-3-12(13)9(2)7-10-5-4-6-11(8-10)14(15)16/h4-6,8-9,12H,3,7H2,1-2H3. The predicted molar refractivity (Wildman–Crippen MR) is 69.0 cm³/mol. The van der Waals surface area contributed by atoms with Gasteiger partial charge in [0, 0.05) is 17.0 Å². The van der Waals surface area contributed by atoms with Gasteiger partial charge in [0.1, 0.15) is 0 Å². The predicted octanol–water partition coefficient (Wildman–Crippen LogP) is 3.95. The second-order valence-corrected chi connectivity index (χ2v) is 5.21. The van der Waals surface area contributed by atoms with E-state index >= 15 is 0 Å². The summed E-state index contributed by atoms with van der Waals surface area (Å²) in [7, 11) is 0. The molecule has 0 N–H and O–H groups in total. The Kier molecular flexibility index (Phi) is 4.93. The summed E-state index contributed by atoms with van der Waals surface area (Å²) in [6, 6.07) is 6.87. The van der Waals surface area contributed by atoms with Gasteiger partial charge in [-0.15, -0.1) is 0 Å². The summed E-state index contributed by atoms with van der Waals surface area (Å²) in [5.74, 6) is 0.479. The zero-order chi connectivity index (χ0) is 12.1. The largest absolute Gasteiger partial charge is 0.269 e. The van der Waals surface area contributed by atoms with E-state index in [4.69, 9.17) is 0 Å². The molecule has 0 radical (unpaired) electrons. The average molecular weight is 286 g/mol. The zero-order valence-electron chi connectivity index (χ0n) is 9.52. The Hall–Kier alpha value is -0.900. The SMILES string of the molecule is CCC(Br)C(C)Cc1cccc([N+](=O)[O-])c1. The molecule has 3 nitrogen and oxygen atoms in total. The first-order chi connectivity index (χ1) is 7.54. The van der Waals surface area contributed by atoms with Gasteiger partial charge in [0.25, 0.3) is 5.69 Å². The summed E-state index contributed by atoms with van der Waals surface area (Å²) in [4.78, 5) is 10.7. The van der Waals surface area contributed by atoms with Crippen LogP contribution in [-0.2, 0) is 6.42 Å². The molecule has 1 aromatic carbocycles. The van der Waals surface area contributed by atoms with E-state index in [0.29, 0.717) is 10.7 Å². The molecule has 88 valence electrons. The summed E-state index contributed by atoms with van der Waals surface area (Å²) < 4.78 is 0. The summed E-state index contributed by atoms with van der Waals surface area (Å²) in [6.07, 6.45) is 1.93. The van der Waals surface area contributed by atoms with Crippen molar-refractivity contribution in [1.29, 1.82) is 0 Å². The van der Waals surface area contributed by atoms with Crippen molar-refractivity contribution in [2.24, 2.45) is 5.92 Å². The molecule has 0 aliphatic carbocycles. The van der Waals surface area contributed by atoms with Crippen molar-refractivity contribution in [3.8, 4) is 0 Å². The molecular weight excluding hydrogens is 270 g/mol. The number of nitro groups is 1. The van der Waals surface area contributed by atoms with Crippen molar-refractivity contribution < 1.29 is 4.92 Å². The summed E-state index contributed by atoms with van der Waals surface area (Å²) >= 11 is 3.61. The first-order valence-corrected chi connectivity index (χ1v) is 6.33. The van der Waals surface area contributed by atoms with Gasteiger partial charge >= 0.3 is 0 Å². The molecule has 1 rings (SSSR count).